The summed E-state index contributed by atoms with van der Waals surface area (Å²) >= 11 is 0. The number of hydrogen-bond donors (Lipinski definition) is 1. The van der Waals surface area contributed by atoms with Crippen LogP contribution < -0.4 is 10.5 Å². The fraction of sp³-hybridized carbons (Fsp3) is 0.231. The van der Waals surface area contributed by atoms with Crippen LogP contribution in [-0.2, 0) is 4.74 Å². The molecule has 0 aliphatic heterocycles. The average molecular weight is 246 g/mol. The molecule has 0 saturated heterocycles. The third-order valence-electron chi connectivity index (χ3n) is 2.55. The van der Waals surface area contributed by atoms with Gasteiger partial charge in [-0.3, -0.25) is 0 Å². The zero-order valence-electron chi connectivity index (χ0n) is 10.3. The van der Waals surface area contributed by atoms with Crippen LogP contribution in [0.1, 0.15) is 17.3 Å². The van der Waals surface area contributed by atoms with Gasteiger partial charge < -0.3 is 15.2 Å². The molecule has 0 radical (unpaired) electrons. The highest BCUT2D eigenvalue weighted by molar-refractivity contribution is 5.98. The number of nitrogens with zero attached hydrogens (tertiary/aromatic N) is 1. The summed E-state index contributed by atoms with van der Waals surface area (Å²) in [7, 11) is 1.58. The van der Waals surface area contributed by atoms with Crippen LogP contribution in [0.25, 0.3) is 10.9 Å². The van der Waals surface area contributed by atoms with E-state index in [4.69, 9.17) is 15.2 Å². The van der Waals surface area contributed by atoms with Crippen LogP contribution in [-0.4, -0.2) is 24.7 Å². The lowest BCUT2D eigenvalue weighted by Gasteiger charge is -2.07. The summed E-state index contributed by atoms with van der Waals surface area (Å²) in [4.78, 5) is 15.8. The van der Waals surface area contributed by atoms with Gasteiger partial charge in [-0.15, -0.1) is 0 Å². The first-order chi connectivity index (χ1) is 8.65. The van der Waals surface area contributed by atoms with Crippen molar-refractivity contribution in [3.8, 4) is 5.75 Å². The average Bonchev–Trinajstić information content (AvgIpc) is 2.37. The van der Waals surface area contributed by atoms with Crippen LogP contribution in [0.4, 0.5) is 5.82 Å². The molecule has 0 aliphatic carbocycles. The van der Waals surface area contributed by atoms with E-state index >= 15 is 0 Å². The lowest BCUT2D eigenvalue weighted by atomic mass is 10.1. The van der Waals surface area contributed by atoms with E-state index in [2.05, 4.69) is 4.98 Å². The van der Waals surface area contributed by atoms with E-state index in [1.165, 1.54) is 0 Å². The third-order valence-corrected chi connectivity index (χ3v) is 2.55. The van der Waals surface area contributed by atoms with Crippen molar-refractivity contribution in [2.45, 2.75) is 6.92 Å². The minimum absolute atomic E-state index is 0.161. The molecule has 1 aromatic heterocycles. The normalized spacial score (nSPS) is 10.3. The minimum Gasteiger partial charge on any atom is -0.497 e. The van der Waals surface area contributed by atoms with Crippen LogP contribution in [0.2, 0.25) is 0 Å². The van der Waals surface area contributed by atoms with Gasteiger partial charge >= 0.3 is 5.97 Å². The van der Waals surface area contributed by atoms with Gasteiger partial charge in [-0.2, -0.15) is 0 Å². The summed E-state index contributed by atoms with van der Waals surface area (Å²) in [5, 5.41) is 0.813. The molecule has 1 heterocycles. The second-order valence-corrected chi connectivity index (χ2v) is 3.70. The van der Waals surface area contributed by atoms with Gasteiger partial charge in [-0.05, 0) is 25.1 Å². The van der Waals surface area contributed by atoms with E-state index in [0.717, 1.165) is 5.39 Å². The van der Waals surface area contributed by atoms with Crippen molar-refractivity contribution in [1.82, 2.24) is 4.98 Å². The molecule has 18 heavy (non-hydrogen) atoms. The third kappa shape index (κ3) is 2.20. The van der Waals surface area contributed by atoms with E-state index in [9.17, 15) is 4.79 Å². The fourth-order valence-corrected chi connectivity index (χ4v) is 1.66. The number of carbonyl (C=O) groups excluding carboxylic acids is 1. The summed E-state index contributed by atoms with van der Waals surface area (Å²) in [5.41, 5.74) is 6.72. The molecule has 0 spiro atoms. The number of nitrogen functional groups attached to an aromatic ring is 1. The maximum absolute atomic E-state index is 11.7. The van der Waals surface area contributed by atoms with E-state index in [1.54, 1.807) is 32.2 Å². The molecule has 0 amide bonds. The Labute approximate surface area is 105 Å². The zero-order chi connectivity index (χ0) is 13.1. The largest absolute Gasteiger partial charge is 0.497 e. The number of esters is 1. The number of aromatic nitrogens is 1. The molecule has 5 heteroatoms. The first kappa shape index (κ1) is 12.2. The number of benzene rings is 1. The summed E-state index contributed by atoms with van der Waals surface area (Å²) < 4.78 is 10.0. The number of anilines is 1. The smallest absolute Gasteiger partial charge is 0.341 e. The predicted molar refractivity (Wildman–Crippen MR) is 68.7 cm³/mol. The maximum Gasteiger partial charge on any atom is 0.341 e. The lowest BCUT2D eigenvalue weighted by molar-refractivity contribution is 0.0527. The number of nitrogens with two attached hydrogens (primary N) is 1. The molecule has 5 nitrogen and oxygen atoms in total. The van der Waals surface area contributed by atoms with Crippen LogP contribution in [0.15, 0.2) is 24.3 Å². The van der Waals surface area contributed by atoms with Gasteiger partial charge in [0, 0.05) is 11.5 Å². The molecule has 2 N–H and O–H groups in total. The van der Waals surface area contributed by atoms with Crippen molar-refractivity contribution < 1.29 is 14.3 Å². The van der Waals surface area contributed by atoms with E-state index in [1.807, 2.05) is 6.07 Å². The molecule has 2 aromatic rings. The Morgan fingerprint density at radius 3 is 2.83 bits per heavy atom. The molecular weight excluding hydrogens is 232 g/mol. The molecule has 0 bridgehead atoms. The number of rotatable bonds is 3. The van der Waals surface area contributed by atoms with Crippen LogP contribution in [0, 0.1) is 0 Å². The number of carbonyl (C=O) groups is 1. The number of hydrogen-bond acceptors (Lipinski definition) is 5. The SMILES string of the molecule is CCOC(=O)c1cc2ccc(OC)cc2nc1N. The molecule has 0 saturated carbocycles. The minimum atomic E-state index is -0.458. The van der Waals surface area contributed by atoms with Gasteiger partial charge in [-0.25, -0.2) is 9.78 Å². The molecular formula is C13H14N2O3. The van der Waals surface area contributed by atoms with Crippen molar-refractivity contribution in [2.24, 2.45) is 0 Å². The highest BCUT2D eigenvalue weighted by Crippen LogP contribution is 2.23. The Hall–Kier alpha value is -2.30. The highest BCUT2D eigenvalue weighted by Gasteiger charge is 2.13. The van der Waals surface area contributed by atoms with Gasteiger partial charge in [0.25, 0.3) is 0 Å². The van der Waals surface area contributed by atoms with E-state index in [0.29, 0.717) is 17.9 Å². The zero-order valence-corrected chi connectivity index (χ0v) is 10.3. The Morgan fingerprint density at radius 2 is 2.17 bits per heavy atom. The summed E-state index contributed by atoms with van der Waals surface area (Å²) in [5.74, 6) is 0.396. The molecule has 94 valence electrons. The fourth-order valence-electron chi connectivity index (χ4n) is 1.66. The van der Waals surface area contributed by atoms with Crippen molar-refractivity contribution >= 4 is 22.7 Å². The second kappa shape index (κ2) is 4.91. The van der Waals surface area contributed by atoms with Gasteiger partial charge in [-0.1, -0.05) is 0 Å². The molecule has 0 atom stereocenters. The molecule has 2 rings (SSSR count). The topological polar surface area (TPSA) is 74.4 Å². The first-order valence-corrected chi connectivity index (χ1v) is 5.57. The molecule has 0 unspecified atom stereocenters. The number of fused-ring (bicyclic) bond motifs is 1. The summed E-state index contributed by atoms with van der Waals surface area (Å²) in [6, 6.07) is 7.06. The van der Waals surface area contributed by atoms with Gasteiger partial charge in [0.05, 0.1) is 19.2 Å². The molecule has 1 aromatic carbocycles. The van der Waals surface area contributed by atoms with Crippen molar-refractivity contribution in [3.63, 3.8) is 0 Å². The van der Waals surface area contributed by atoms with Gasteiger partial charge in [0.15, 0.2) is 0 Å². The Kier molecular flexibility index (Phi) is 3.32. The second-order valence-electron chi connectivity index (χ2n) is 3.70. The van der Waals surface area contributed by atoms with Gasteiger partial charge in [0.1, 0.15) is 17.1 Å². The monoisotopic (exact) mass is 246 g/mol. The summed E-state index contributed by atoms with van der Waals surface area (Å²) in [6.45, 7) is 2.05. The van der Waals surface area contributed by atoms with Crippen molar-refractivity contribution in [3.05, 3.63) is 29.8 Å². The number of ether oxygens (including phenoxy) is 2. The Bertz CT molecular complexity index is 596. The highest BCUT2D eigenvalue weighted by atomic mass is 16.5. The Balaban J connectivity index is 2.52. The standard InChI is InChI=1S/C13H14N2O3/c1-3-18-13(16)10-6-8-4-5-9(17-2)7-11(8)15-12(10)14/h4-7H,3H2,1-2H3,(H2,14,15). The quantitative estimate of drug-likeness (QED) is 0.838. The van der Waals surface area contributed by atoms with Gasteiger partial charge in [0.2, 0.25) is 0 Å². The lowest BCUT2D eigenvalue weighted by Crippen LogP contribution is -2.09. The van der Waals surface area contributed by atoms with Crippen LogP contribution in [0.3, 0.4) is 0 Å². The number of methoxy groups -OCH3 is 1. The van der Waals surface area contributed by atoms with E-state index < -0.39 is 5.97 Å². The van der Waals surface area contributed by atoms with E-state index in [-0.39, 0.29) is 11.4 Å². The Morgan fingerprint density at radius 1 is 1.39 bits per heavy atom. The maximum atomic E-state index is 11.7. The molecule has 0 aliphatic rings. The first-order valence-electron chi connectivity index (χ1n) is 5.57. The number of pyridine rings is 1. The molecule has 0 fully saturated rings. The van der Waals surface area contributed by atoms with Crippen LogP contribution in [0.5, 0.6) is 5.75 Å². The van der Waals surface area contributed by atoms with Crippen molar-refractivity contribution in [2.75, 3.05) is 19.5 Å². The summed E-state index contributed by atoms with van der Waals surface area (Å²) in [6.07, 6.45) is 0. The predicted octanol–water partition coefficient (Wildman–Crippen LogP) is 2.00. The van der Waals surface area contributed by atoms with Crippen molar-refractivity contribution in [1.29, 1.82) is 0 Å². The van der Waals surface area contributed by atoms with Crippen LogP contribution >= 0.6 is 0 Å².